The maximum atomic E-state index is 12.6. The summed E-state index contributed by atoms with van der Waals surface area (Å²) in [6.07, 6.45) is 1.51. The van der Waals surface area contributed by atoms with Gasteiger partial charge in [0.25, 0.3) is 0 Å². The predicted molar refractivity (Wildman–Crippen MR) is 124 cm³/mol. The number of nitrogens with zero attached hydrogens (tertiary/aromatic N) is 1. The van der Waals surface area contributed by atoms with Crippen molar-refractivity contribution in [2.24, 2.45) is 5.92 Å². The molecule has 0 saturated carbocycles. The second-order valence-electron chi connectivity index (χ2n) is 8.16. The van der Waals surface area contributed by atoms with E-state index in [-0.39, 0.29) is 17.9 Å². The summed E-state index contributed by atoms with van der Waals surface area (Å²) in [7, 11) is 1.59. The Morgan fingerprint density at radius 3 is 2.81 bits per heavy atom. The van der Waals surface area contributed by atoms with Gasteiger partial charge in [0.15, 0.2) is 0 Å². The molecule has 3 rings (SSSR count). The fraction of sp³-hybridized carbons (Fsp3) is 0.435. The number of ether oxygens (including phenoxy) is 1. The summed E-state index contributed by atoms with van der Waals surface area (Å²) in [4.78, 5) is 29.2. The maximum absolute atomic E-state index is 12.6. The molecule has 2 aromatic rings. The summed E-state index contributed by atoms with van der Waals surface area (Å²) < 4.78 is 5.19. The molecule has 1 aromatic carbocycles. The summed E-state index contributed by atoms with van der Waals surface area (Å²) in [5.41, 5.74) is 8.40. The number of hydrogen-bond donors (Lipinski definition) is 4. The highest BCUT2D eigenvalue weighted by Crippen LogP contribution is 2.27. The van der Waals surface area contributed by atoms with Crippen LogP contribution < -0.4 is 26.4 Å². The molecular formula is C23H30ClN5O3. The van der Waals surface area contributed by atoms with Crippen molar-refractivity contribution < 1.29 is 14.3 Å². The number of nitrogen functional groups attached to an aromatic ring is 1. The van der Waals surface area contributed by atoms with Gasteiger partial charge in [-0.15, -0.1) is 0 Å². The number of nitrogens with two attached hydrogens (primary N) is 1. The number of carbonyl (C=O) groups is 2. The van der Waals surface area contributed by atoms with E-state index >= 15 is 0 Å². The molecule has 5 N–H and O–H groups in total. The van der Waals surface area contributed by atoms with Crippen molar-refractivity contribution >= 4 is 29.2 Å². The lowest BCUT2D eigenvalue weighted by Gasteiger charge is -2.17. The number of nitrogens with one attached hydrogen (secondary N) is 3. The lowest BCUT2D eigenvalue weighted by molar-refractivity contribution is -0.129. The van der Waals surface area contributed by atoms with Crippen molar-refractivity contribution in [3.8, 4) is 5.75 Å². The molecule has 0 aliphatic carbocycles. The number of amides is 2. The molecule has 0 unspecified atom stereocenters. The van der Waals surface area contributed by atoms with E-state index in [0.717, 1.165) is 29.8 Å². The van der Waals surface area contributed by atoms with Gasteiger partial charge >= 0.3 is 0 Å². The molecule has 1 saturated heterocycles. The molecule has 0 radical (unpaired) electrons. The SMILES string of the molecule is COc1ccc(C[C@@H]2CN[C@@H](C(=O)N[C@@H](C)C(=O)NCc3ccc(N)nc3C)C2)cc1Cl. The zero-order valence-electron chi connectivity index (χ0n) is 18.6. The molecule has 32 heavy (non-hydrogen) atoms. The molecule has 1 aromatic heterocycles. The molecule has 8 nitrogen and oxygen atoms in total. The molecule has 2 heterocycles. The molecule has 1 aliphatic heterocycles. The van der Waals surface area contributed by atoms with Crippen LogP contribution in [0.3, 0.4) is 0 Å². The second-order valence-corrected chi connectivity index (χ2v) is 8.57. The largest absolute Gasteiger partial charge is 0.495 e. The number of aromatic nitrogens is 1. The van der Waals surface area contributed by atoms with E-state index in [1.54, 1.807) is 20.1 Å². The highest BCUT2D eigenvalue weighted by atomic mass is 35.5. The fourth-order valence-corrected chi connectivity index (χ4v) is 4.13. The van der Waals surface area contributed by atoms with E-state index in [4.69, 9.17) is 22.1 Å². The van der Waals surface area contributed by atoms with Gasteiger partial charge in [-0.05, 0) is 68.5 Å². The number of anilines is 1. The quantitative estimate of drug-likeness (QED) is 0.479. The van der Waals surface area contributed by atoms with Crippen LogP contribution in [0.1, 0.15) is 30.2 Å². The minimum absolute atomic E-state index is 0.173. The Balaban J connectivity index is 1.46. The third kappa shape index (κ3) is 6.11. The molecule has 0 bridgehead atoms. The van der Waals surface area contributed by atoms with Crippen LogP contribution in [0, 0.1) is 12.8 Å². The van der Waals surface area contributed by atoms with Gasteiger partial charge in [-0.3, -0.25) is 9.59 Å². The van der Waals surface area contributed by atoms with Gasteiger partial charge in [-0.2, -0.15) is 0 Å². The number of aryl methyl sites for hydroxylation is 1. The number of rotatable bonds is 8. The average molecular weight is 460 g/mol. The highest BCUT2D eigenvalue weighted by Gasteiger charge is 2.31. The number of carbonyl (C=O) groups excluding carboxylic acids is 2. The summed E-state index contributed by atoms with van der Waals surface area (Å²) in [5, 5.41) is 9.47. The Labute approximate surface area is 193 Å². The Bertz CT molecular complexity index is 984. The minimum atomic E-state index is -0.647. The van der Waals surface area contributed by atoms with E-state index in [2.05, 4.69) is 20.9 Å². The van der Waals surface area contributed by atoms with Gasteiger partial charge in [0, 0.05) is 12.2 Å². The molecule has 1 aliphatic rings. The number of pyridine rings is 1. The molecule has 0 spiro atoms. The van der Waals surface area contributed by atoms with Gasteiger partial charge < -0.3 is 26.4 Å². The zero-order valence-corrected chi connectivity index (χ0v) is 19.3. The Morgan fingerprint density at radius 2 is 2.12 bits per heavy atom. The van der Waals surface area contributed by atoms with Crippen LogP contribution in [0.15, 0.2) is 30.3 Å². The number of hydrogen-bond acceptors (Lipinski definition) is 6. The zero-order chi connectivity index (χ0) is 23.3. The molecule has 172 valence electrons. The second kappa shape index (κ2) is 10.7. The number of methoxy groups -OCH3 is 1. The molecule has 1 fully saturated rings. The summed E-state index contributed by atoms with van der Waals surface area (Å²) >= 11 is 6.21. The van der Waals surface area contributed by atoms with Gasteiger partial charge in [0.1, 0.15) is 17.6 Å². The predicted octanol–water partition coefficient (Wildman–Crippen LogP) is 1.98. The lowest BCUT2D eigenvalue weighted by atomic mass is 9.96. The average Bonchev–Trinajstić information content (AvgIpc) is 3.21. The van der Waals surface area contributed by atoms with Crippen LogP contribution in [0.4, 0.5) is 5.82 Å². The van der Waals surface area contributed by atoms with Crippen LogP contribution in [-0.4, -0.2) is 42.5 Å². The van der Waals surface area contributed by atoms with Crippen LogP contribution >= 0.6 is 11.6 Å². The van der Waals surface area contributed by atoms with Crippen molar-refractivity contribution in [2.45, 2.75) is 45.3 Å². The molecule has 2 amide bonds. The van der Waals surface area contributed by atoms with E-state index < -0.39 is 6.04 Å². The summed E-state index contributed by atoms with van der Waals surface area (Å²) in [5.74, 6) is 0.966. The lowest BCUT2D eigenvalue weighted by Crippen LogP contribution is -2.50. The molecule has 3 atom stereocenters. The maximum Gasteiger partial charge on any atom is 0.242 e. The Morgan fingerprint density at radius 1 is 1.34 bits per heavy atom. The van der Waals surface area contributed by atoms with Crippen molar-refractivity contribution in [1.82, 2.24) is 20.9 Å². The van der Waals surface area contributed by atoms with Crippen molar-refractivity contribution in [1.29, 1.82) is 0 Å². The number of benzene rings is 1. The first kappa shape index (κ1) is 23.8. The third-order valence-corrected chi connectivity index (χ3v) is 6.00. The van der Waals surface area contributed by atoms with Crippen molar-refractivity contribution in [2.75, 3.05) is 19.4 Å². The van der Waals surface area contributed by atoms with Crippen LogP contribution in [0.5, 0.6) is 5.75 Å². The number of halogens is 1. The Kier molecular flexibility index (Phi) is 7.93. The normalized spacial score (nSPS) is 18.8. The third-order valence-electron chi connectivity index (χ3n) is 5.70. The first-order chi connectivity index (χ1) is 15.3. The standard InChI is InChI=1S/C23H30ClN5O3/c1-13-17(5-7-21(25)28-13)12-27-22(30)14(2)29-23(31)19-10-16(11-26-19)8-15-4-6-20(32-3)18(24)9-15/h4-7,9,14,16,19,26H,8,10-12H2,1-3H3,(H2,25,28)(H,27,30)(H,29,31)/t14-,16-,19+/m0/s1. The summed E-state index contributed by atoms with van der Waals surface area (Å²) in [6, 6.07) is 8.30. The smallest absolute Gasteiger partial charge is 0.242 e. The van der Waals surface area contributed by atoms with Crippen LogP contribution in [-0.2, 0) is 22.6 Å². The summed E-state index contributed by atoms with van der Waals surface area (Å²) in [6.45, 7) is 4.57. The first-order valence-electron chi connectivity index (χ1n) is 10.6. The van der Waals surface area contributed by atoms with Gasteiger partial charge in [0.2, 0.25) is 11.8 Å². The topological polar surface area (TPSA) is 118 Å². The van der Waals surface area contributed by atoms with Crippen molar-refractivity contribution in [3.63, 3.8) is 0 Å². The molecular weight excluding hydrogens is 430 g/mol. The van der Waals surface area contributed by atoms with E-state index in [9.17, 15) is 9.59 Å². The first-order valence-corrected chi connectivity index (χ1v) is 11.0. The monoisotopic (exact) mass is 459 g/mol. The van der Waals surface area contributed by atoms with E-state index in [1.165, 1.54) is 0 Å². The fourth-order valence-electron chi connectivity index (χ4n) is 3.85. The van der Waals surface area contributed by atoms with Crippen LogP contribution in [0.25, 0.3) is 0 Å². The van der Waals surface area contributed by atoms with E-state index in [0.29, 0.717) is 35.5 Å². The van der Waals surface area contributed by atoms with Crippen LogP contribution in [0.2, 0.25) is 5.02 Å². The van der Waals surface area contributed by atoms with Crippen molar-refractivity contribution in [3.05, 3.63) is 52.2 Å². The molecule has 9 heteroatoms. The van der Waals surface area contributed by atoms with Gasteiger partial charge in [-0.1, -0.05) is 23.7 Å². The van der Waals surface area contributed by atoms with E-state index in [1.807, 2.05) is 31.2 Å². The van der Waals surface area contributed by atoms with Gasteiger partial charge in [-0.25, -0.2) is 4.98 Å². The highest BCUT2D eigenvalue weighted by molar-refractivity contribution is 6.32. The Hall–Kier alpha value is -2.84. The minimum Gasteiger partial charge on any atom is -0.495 e. The van der Waals surface area contributed by atoms with Gasteiger partial charge in [0.05, 0.1) is 18.2 Å².